The first-order valence-corrected chi connectivity index (χ1v) is 10.1. The van der Waals surface area contributed by atoms with E-state index >= 15 is 0 Å². The fourth-order valence-electron chi connectivity index (χ4n) is 4.59. The quantitative estimate of drug-likeness (QED) is 0.738. The lowest BCUT2D eigenvalue weighted by molar-refractivity contribution is 0.102. The lowest BCUT2D eigenvalue weighted by Gasteiger charge is -2.19. The Bertz CT molecular complexity index is 1000. The number of nitrogens with one attached hydrogen (secondary N) is 1. The number of benzene rings is 2. The van der Waals surface area contributed by atoms with Crippen molar-refractivity contribution >= 4 is 22.6 Å². The molecule has 1 fully saturated rings. The molecule has 5 nitrogen and oxygen atoms in total. The van der Waals surface area contributed by atoms with Crippen molar-refractivity contribution in [3.63, 3.8) is 0 Å². The van der Waals surface area contributed by atoms with E-state index in [1.807, 2.05) is 35.0 Å². The predicted molar refractivity (Wildman–Crippen MR) is 106 cm³/mol. The number of aromatic nitrogens is 3. The van der Waals surface area contributed by atoms with Crippen LogP contribution in [0.5, 0.6) is 0 Å². The molecule has 138 valence electrons. The van der Waals surface area contributed by atoms with Crippen LogP contribution < -0.4 is 5.32 Å². The zero-order valence-electron chi connectivity index (χ0n) is 15.4. The predicted octanol–water partition coefficient (Wildman–Crippen LogP) is 4.68. The molecule has 1 N–H and O–H groups in total. The van der Waals surface area contributed by atoms with E-state index in [-0.39, 0.29) is 5.91 Å². The summed E-state index contributed by atoms with van der Waals surface area (Å²) in [5.74, 6) is -0.0775. The van der Waals surface area contributed by atoms with E-state index in [4.69, 9.17) is 0 Å². The molecule has 3 aromatic rings. The van der Waals surface area contributed by atoms with Gasteiger partial charge >= 0.3 is 0 Å². The van der Waals surface area contributed by atoms with Crippen molar-refractivity contribution in [2.45, 2.75) is 57.4 Å². The number of rotatable bonds is 3. The summed E-state index contributed by atoms with van der Waals surface area (Å²) >= 11 is 0. The highest BCUT2D eigenvalue weighted by Crippen LogP contribution is 2.31. The van der Waals surface area contributed by atoms with Crippen molar-refractivity contribution in [2.75, 3.05) is 5.32 Å². The van der Waals surface area contributed by atoms with Crippen molar-refractivity contribution in [2.24, 2.45) is 0 Å². The highest BCUT2D eigenvalue weighted by Gasteiger charge is 2.21. The van der Waals surface area contributed by atoms with Crippen LogP contribution in [-0.2, 0) is 12.8 Å². The van der Waals surface area contributed by atoms with Crippen LogP contribution in [0, 0.1) is 0 Å². The van der Waals surface area contributed by atoms with Gasteiger partial charge in [0, 0.05) is 11.3 Å². The Morgan fingerprint density at radius 3 is 2.78 bits per heavy atom. The number of nitrogens with zero attached hydrogens (tertiary/aromatic N) is 3. The molecule has 0 radical (unpaired) electrons. The van der Waals surface area contributed by atoms with Gasteiger partial charge in [-0.1, -0.05) is 30.2 Å². The third-order valence-corrected chi connectivity index (χ3v) is 6.05. The second-order valence-electron chi connectivity index (χ2n) is 7.78. The minimum atomic E-state index is -0.0775. The van der Waals surface area contributed by atoms with Crippen LogP contribution in [-0.4, -0.2) is 20.9 Å². The van der Waals surface area contributed by atoms with Crippen LogP contribution in [0.15, 0.2) is 36.4 Å². The summed E-state index contributed by atoms with van der Waals surface area (Å²) in [5, 5.41) is 11.8. The molecule has 2 aromatic carbocycles. The molecular weight excluding hydrogens is 336 g/mol. The average Bonchev–Trinajstić information content (AvgIpc) is 3.37. The Labute approximate surface area is 158 Å². The van der Waals surface area contributed by atoms with E-state index in [0.29, 0.717) is 11.6 Å². The summed E-state index contributed by atoms with van der Waals surface area (Å²) in [6.45, 7) is 0. The molecule has 27 heavy (non-hydrogen) atoms. The number of amides is 1. The van der Waals surface area contributed by atoms with Crippen LogP contribution in [0.4, 0.5) is 5.69 Å². The lowest BCUT2D eigenvalue weighted by atomic mass is 9.90. The van der Waals surface area contributed by atoms with Crippen LogP contribution in [0.3, 0.4) is 0 Å². The molecule has 0 atom stereocenters. The number of hydrogen-bond acceptors (Lipinski definition) is 3. The van der Waals surface area contributed by atoms with E-state index < -0.39 is 0 Å². The highest BCUT2D eigenvalue weighted by molar-refractivity contribution is 6.06. The summed E-state index contributed by atoms with van der Waals surface area (Å²) in [5.41, 5.74) is 6.07. The summed E-state index contributed by atoms with van der Waals surface area (Å²) in [4.78, 5) is 12.8. The normalized spacial score (nSPS) is 17.2. The first-order chi connectivity index (χ1) is 13.3. The molecule has 5 heteroatoms. The summed E-state index contributed by atoms with van der Waals surface area (Å²) in [7, 11) is 0. The molecule has 0 bridgehead atoms. The zero-order chi connectivity index (χ0) is 18.2. The van der Waals surface area contributed by atoms with Gasteiger partial charge in [-0.25, -0.2) is 4.68 Å². The molecule has 0 spiro atoms. The molecule has 5 rings (SSSR count). The molecule has 2 aliphatic carbocycles. The highest BCUT2D eigenvalue weighted by atomic mass is 16.1. The van der Waals surface area contributed by atoms with Gasteiger partial charge in [0.25, 0.3) is 5.91 Å². The van der Waals surface area contributed by atoms with Gasteiger partial charge in [-0.05, 0) is 73.9 Å². The van der Waals surface area contributed by atoms with Gasteiger partial charge in [0.15, 0.2) is 0 Å². The van der Waals surface area contributed by atoms with Gasteiger partial charge in [-0.15, -0.1) is 5.10 Å². The second-order valence-corrected chi connectivity index (χ2v) is 7.78. The third-order valence-electron chi connectivity index (χ3n) is 6.05. The number of carbonyl (C=O) groups excluding carboxylic acids is 1. The van der Waals surface area contributed by atoms with Crippen LogP contribution in [0.25, 0.3) is 11.0 Å². The molecule has 1 saturated carbocycles. The van der Waals surface area contributed by atoms with Crippen molar-refractivity contribution in [3.8, 4) is 0 Å². The summed E-state index contributed by atoms with van der Waals surface area (Å²) < 4.78 is 2.04. The van der Waals surface area contributed by atoms with E-state index in [2.05, 4.69) is 21.7 Å². The number of carbonyl (C=O) groups is 1. The minimum absolute atomic E-state index is 0.0775. The second kappa shape index (κ2) is 6.80. The summed E-state index contributed by atoms with van der Waals surface area (Å²) in [6.07, 6.45) is 9.42. The fourth-order valence-corrected chi connectivity index (χ4v) is 4.59. The first-order valence-electron chi connectivity index (χ1n) is 10.1. The SMILES string of the molecule is O=C(Nc1cccc2c1CCCC2)c1ccc2c(c1)nnn2C1CCCC1. The van der Waals surface area contributed by atoms with Gasteiger partial charge in [0.1, 0.15) is 5.52 Å². The molecule has 0 unspecified atom stereocenters. The van der Waals surface area contributed by atoms with Crippen LogP contribution in [0.2, 0.25) is 0 Å². The Morgan fingerprint density at radius 1 is 1.04 bits per heavy atom. The Hall–Kier alpha value is -2.69. The molecular formula is C22H24N4O. The van der Waals surface area contributed by atoms with Gasteiger partial charge in [-0.3, -0.25) is 4.79 Å². The third kappa shape index (κ3) is 3.01. The standard InChI is InChI=1S/C22H24N4O/c27-22(23-19-11-5-7-15-6-1-4-10-18(15)19)16-12-13-21-20(14-16)24-25-26(21)17-8-2-3-9-17/h5,7,11-14,17H,1-4,6,8-10H2,(H,23,27). The summed E-state index contributed by atoms with van der Waals surface area (Å²) in [6, 6.07) is 12.4. The van der Waals surface area contributed by atoms with E-state index in [9.17, 15) is 4.79 Å². The number of aryl methyl sites for hydroxylation is 1. The van der Waals surface area contributed by atoms with Gasteiger partial charge in [0.2, 0.25) is 0 Å². The van der Waals surface area contributed by atoms with Gasteiger partial charge in [0.05, 0.1) is 11.6 Å². The molecule has 0 aliphatic heterocycles. The average molecular weight is 360 g/mol. The smallest absolute Gasteiger partial charge is 0.255 e. The van der Waals surface area contributed by atoms with Crippen molar-refractivity contribution in [1.29, 1.82) is 0 Å². The monoisotopic (exact) mass is 360 g/mol. The van der Waals surface area contributed by atoms with Crippen molar-refractivity contribution < 1.29 is 4.79 Å². The topological polar surface area (TPSA) is 59.8 Å². The van der Waals surface area contributed by atoms with Crippen LogP contribution >= 0.6 is 0 Å². The number of anilines is 1. The molecule has 0 saturated heterocycles. The van der Waals surface area contributed by atoms with Gasteiger partial charge < -0.3 is 5.32 Å². The number of hydrogen-bond donors (Lipinski definition) is 1. The first kappa shape index (κ1) is 16.5. The van der Waals surface area contributed by atoms with E-state index in [1.165, 1.54) is 49.7 Å². The maximum absolute atomic E-state index is 12.8. The Morgan fingerprint density at radius 2 is 1.89 bits per heavy atom. The maximum Gasteiger partial charge on any atom is 0.255 e. The molecule has 1 amide bonds. The largest absolute Gasteiger partial charge is 0.322 e. The lowest BCUT2D eigenvalue weighted by Crippen LogP contribution is -2.15. The van der Waals surface area contributed by atoms with Crippen LogP contribution in [0.1, 0.15) is 66.1 Å². The molecule has 2 aliphatic rings. The van der Waals surface area contributed by atoms with E-state index in [0.717, 1.165) is 29.6 Å². The Balaban J connectivity index is 1.41. The minimum Gasteiger partial charge on any atom is -0.322 e. The van der Waals surface area contributed by atoms with Gasteiger partial charge in [-0.2, -0.15) is 0 Å². The maximum atomic E-state index is 12.8. The molecule has 1 heterocycles. The number of fused-ring (bicyclic) bond motifs is 2. The van der Waals surface area contributed by atoms with Crippen molar-refractivity contribution in [1.82, 2.24) is 15.0 Å². The zero-order valence-corrected chi connectivity index (χ0v) is 15.4. The molecule has 1 aromatic heterocycles. The van der Waals surface area contributed by atoms with Crippen molar-refractivity contribution in [3.05, 3.63) is 53.1 Å². The Kier molecular flexibility index (Phi) is 4.15. The van der Waals surface area contributed by atoms with E-state index in [1.54, 1.807) is 0 Å². The fraction of sp³-hybridized carbons (Fsp3) is 0.409.